The van der Waals surface area contributed by atoms with Crippen LogP contribution in [0, 0.1) is 0 Å². The molecule has 2 rings (SSSR count). The van der Waals surface area contributed by atoms with E-state index in [9.17, 15) is 4.79 Å². The van der Waals surface area contributed by atoms with E-state index >= 15 is 0 Å². The van der Waals surface area contributed by atoms with Crippen molar-refractivity contribution in [1.29, 1.82) is 0 Å². The van der Waals surface area contributed by atoms with Crippen LogP contribution in [0.5, 0.6) is 0 Å². The highest BCUT2D eigenvalue weighted by atomic mass is 16.5. The van der Waals surface area contributed by atoms with Gasteiger partial charge in [0.25, 0.3) is 0 Å². The molecule has 0 aliphatic carbocycles. The highest BCUT2D eigenvalue weighted by Crippen LogP contribution is 2.21. The molecule has 5 nitrogen and oxygen atoms in total. The first-order valence-corrected chi connectivity index (χ1v) is 5.80. The lowest BCUT2D eigenvalue weighted by Gasteiger charge is -2.22. The maximum atomic E-state index is 10.3. The van der Waals surface area contributed by atoms with Gasteiger partial charge >= 0.3 is 5.97 Å². The Morgan fingerprint density at radius 1 is 1.65 bits per heavy atom. The molecule has 0 bridgehead atoms. The van der Waals surface area contributed by atoms with Crippen LogP contribution in [0.4, 0.5) is 0 Å². The fourth-order valence-electron chi connectivity index (χ4n) is 1.82. The van der Waals surface area contributed by atoms with Crippen molar-refractivity contribution < 1.29 is 14.6 Å². The highest BCUT2D eigenvalue weighted by Gasteiger charge is 2.15. The van der Waals surface area contributed by atoms with Crippen LogP contribution in [-0.4, -0.2) is 27.5 Å². The summed E-state index contributed by atoms with van der Waals surface area (Å²) in [7, 11) is 0. The molecule has 0 spiro atoms. The Kier molecular flexibility index (Phi) is 3.93. The van der Waals surface area contributed by atoms with Crippen molar-refractivity contribution in [3.63, 3.8) is 0 Å². The standard InChI is InChI=1S/C12H16N2O3/c15-12(16)6-3-4-10-8-13-14(9-10)11-5-1-2-7-17-11/h3-4,8-9,11H,1-2,5-7H2,(H,15,16)/t11-/m0/s1. The van der Waals surface area contributed by atoms with Crippen molar-refractivity contribution in [2.45, 2.75) is 31.9 Å². The summed E-state index contributed by atoms with van der Waals surface area (Å²) < 4.78 is 7.41. The predicted molar refractivity (Wildman–Crippen MR) is 62.4 cm³/mol. The monoisotopic (exact) mass is 236 g/mol. The van der Waals surface area contributed by atoms with E-state index in [1.165, 1.54) is 0 Å². The second kappa shape index (κ2) is 5.63. The third-order valence-electron chi connectivity index (χ3n) is 2.67. The van der Waals surface area contributed by atoms with E-state index in [0.29, 0.717) is 0 Å². The Balaban J connectivity index is 1.95. The van der Waals surface area contributed by atoms with Crippen LogP contribution in [0.1, 0.15) is 37.5 Å². The molecule has 1 atom stereocenters. The molecule has 1 saturated heterocycles. The van der Waals surface area contributed by atoms with Crippen molar-refractivity contribution in [1.82, 2.24) is 9.78 Å². The zero-order valence-corrected chi connectivity index (χ0v) is 9.58. The second-order valence-electron chi connectivity index (χ2n) is 4.08. The smallest absolute Gasteiger partial charge is 0.307 e. The number of rotatable bonds is 4. The van der Waals surface area contributed by atoms with Crippen LogP contribution in [0.3, 0.4) is 0 Å². The molecule has 5 heteroatoms. The van der Waals surface area contributed by atoms with Crippen molar-refractivity contribution in [2.24, 2.45) is 0 Å². The molecule has 1 N–H and O–H groups in total. The lowest BCUT2D eigenvalue weighted by Crippen LogP contribution is -2.18. The highest BCUT2D eigenvalue weighted by molar-refractivity contribution is 5.70. The number of carboxylic acid groups (broad SMARTS) is 1. The number of nitrogens with zero attached hydrogens (tertiary/aromatic N) is 2. The fraction of sp³-hybridized carbons (Fsp3) is 0.500. The van der Waals surface area contributed by atoms with Gasteiger partial charge in [0.1, 0.15) is 6.23 Å². The number of ether oxygens (including phenoxy) is 1. The predicted octanol–water partition coefficient (Wildman–Crippen LogP) is 2.07. The molecule has 17 heavy (non-hydrogen) atoms. The van der Waals surface area contributed by atoms with Crippen LogP contribution in [0.25, 0.3) is 6.08 Å². The number of carboxylic acids is 1. The Labute approximate surface area is 99.7 Å². The van der Waals surface area contributed by atoms with Crippen molar-refractivity contribution in [2.75, 3.05) is 6.61 Å². The SMILES string of the molecule is O=C(O)CC=Cc1cnn([C@@H]2CCCCO2)c1. The van der Waals surface area contributed by atoms with Crippen LogP contribution >= 0.6 is 0 Å². The van der Waals surface area contributed by atoms with E-state index < -0.39 is 5.97 Å². The first-order valence-electron chi connectivity index (χ1n) is 5.80. The summed E-state index contributed by atoms with van der Waals surface area (Å²) >= 11 is 0. The quantitative estimate of drug-likeness (QED) is 0.869. The normalized spacial score (nSPS) is 20.8. The molecule has 0 aromatic carbocycles. The van der Waals surface area contributed by atoms with E-state index in [2.05, 4.69) is 5.10 Å². The maximum absolute atomic E-state index is 10.3. The average molecular weight is 236 g/mol. The van der Waals surface area contributed by atoms with Gasteiger partial charge in [-0.1, -0.05) is 12.2 Å². The molecular weight excluding hydrogens is 220 g/mol. The number of aromatic nitrogens is 2. The van der Waals surface area contributed by atoms with Gasteiger partial charge in [-0.05, 0) is 19.3 Å². The maximum Gasteiger partial charge on any atom is 0.307 e. The topological polar surface area (TPSA) is 64.3 Å². The summed E-state index contributed by atoms with van der Waals surface area (Å²) in [6.45, 7) is 0.786. The number of aliphatic carboxylic acids is 1. The molecule has 0 saturated carbocycles. The molecule has 0 radical (unpaired) electrons. The Hall–Kier alpha value is -1.62. The van der Waals surface area contributed by atoms with Gasteiger partial charge in [0, 0.05) is 18.4 Å². The van der Waals surface area contributed by atoms with Gasteiger partial charge in [-0.25, -0.2) is 4.68 Å². The molecule has 1 aliphatic heterocycles. The van der Waals surface area contributed by atoms with Gasteiger partial charge in [0.05, 0.1) is 12.6 Å². The Morgan fingerprint density at radius 2 is 2.53 bits per heavy atom. The first kappa shape index (κ1) is 11.9. The summed E-state index contributed by atoms with van der Waals surface area (Å²) in [6, 6.07) is 0. The molecule has 0 amide bonds. The van der Waals surface area contributed by atoms with Gasteiger partial charge in [0.2, 0.25) is 0 Å². The summed E-state index contributed by atoms with van der Waals surface area (Å²) in [6.07, 6.45) is 10.3. The summed E-state index contributed by atoms with van der Waals surface area (Å²) in [5.74, 6) is -0.829. The van der Waals surface area contributed by atoms with Crippen LogP contribution in [0.15, 0.2) is 18.5 Å². The van der Waals surface area contributed by atoms with Crippen molar-refractivity contribution in [3.8, 4) is 0 Å². The minimum atomic E-state index is -0.829. The zero-order valence-electron chi connectivity index (χ0n) is 9.58. The van der Waals surface area contributed by atoms with Gasteiger partial charge in [-0.2, -0.15) is 5.10 Å². The van der Waals surface area contributed by atoms with E-state index in [4.69, 9.17) is 9.84 Å². The fourth-order valence-corrected chi connectivity index (χ4v) is 1.82. The lowest BCUT2D eigenvalue weighted by molar-refractivity contribution is -0.135. The zero-order chi connectivity index (χ0) is 12.1. The minimum absolute atomic E-state index is 0.0328. The van der Waals surface area contributed by atoms with E-state index in [0.717, 1.165) is 31.4 Å². The third-order valence-corrected chi connectivity index (χ3v) is 2.67. The first-order chi connectivity index (χ1) is 8.25. The van der Waals surface area contributed by atoms with Gasteiger partial charge in [-0.15, -0.1) is 0 Å². The van der Waals surface area contributed by atoms with Crippen LogP contribution < -0.4 is 0 Å². The largest absolute Gasteiger partial charge is 0.481 e. The summed E-state index contributed by atoms with van der Waals surface area (Å²) in [5, 5.41) is 12.7. The van der Waals surface area contributed by atoms with Crippen molar-refractivity contribution in [3.05, 3.63) is 24.0 Å². The molecule has 1 aromatic rings. The van der Waals surface area contributed by atoms with Crippen molar-refractivity contribution >= 4 is 12.0 Å². The van der Waals surface area contributed by atoms with Crippen LogP contribution in [0.2, 0.25) is 0 Å². The number of hydrogen-bond acceptors (Lipinski definition) is 3. The second-order valence-corrected chi connectivity index (χ2v) is 4.08. The minimum Gasteiger partial charge on any atom is -0.481 e. The van der Waals surface area contributed by atoms with E-state index in [1.807, 2.05) is 6.20 Å². The van der Waals surface area contributed by atoms with Gasteiger partial charge in [0.15, 0.2) is 0 Å². The van der Waals surface area contributed by atoms with E-state index in [-0.39, 0.29) is 12.6 Å². The number of hydrogen-bond donors (Lipinski definition) is 1. The molecule has 1 aliphatic rings. The Bertz CT molecular complexity index is 406. The summed E-state index contributed by atoms with van der Waals surface area (Å²) in [4.78, 5) is 10.3. The third kappa shape index (κ3) is 3.42. The lowest BCUT2D eigenvalue weighted by atomic mass is 10.2. The number of carbonyl (C=O) groups is 1. The van der Waals surface area contributed by atoms with Gasteiger partial charge < -0.3 is 9.84 Å². The molecule has 2 heterocycles. The molecular formula is C12H16N2O3. The van der Waals surface area contributed by atoms with Crippen LogP contribution in [-0.2, 0) is 9.53 Å². The average Bonchev–Trinajstić information content (AvgIpc) is 2.78. The summed E-state index contributed by atoms with van der Waals surface area (Å²) in [5.41, 5.74) is 0.903. The van der Waals surface area contributed by atoms with Gasteiger partial charge in [-0.3, -0.25) is 4.79 Å². The molecule has 0 unspecified atom stereocenters. The molecule has 92 valence electrons. The Morgan fingerprint density at radius 3 is 3.24 bits per heavy atom. The molecule has 1 fully saturated rings. The molecule has 1 aromatic heterocycles. The van der Waals surface area contributed by atoms with E-state index in [1.54, 1.807) is 23.0 Å².